The minimum absolute atomic E-state index is 0.187. The van der Waals surface area contributed by atoms with Gasteiger partial charge in [-0.15, -0.1) is 0 Å². The molecule has 1 aliphatic rings. The molecule has 166 valence electrons. The number of fused-ring (bicyclic) bond motifs is 1. The van der Waals surface area contributed by atoms with Crippen molar-refractivity contribution in [2.75, 3.05) is 20.8 Å². The maximum atomic E-state index is 13.7. The van der Waals surface area contributed by atoms with Gasteiger partial charge in [0.25, 0.3) is 5.91 Å². The first-order valence-corrected chi connectivity index (χ1v) is 10.7. The summed E-state index contributed by atoms with van der Waals surface area (Å²) in [6.45, 7) is 0.540. The standard InChI is InChI=1S/C26H23N3O4/c1-31-23-14-19-10-13-29(25(18-6-4-3-5-7-18)20(19)15-24(23)32-2)26(30)21-16-22(33-28-21)17-8-11-27-12-9-17/h3-9,11-12,14-16,25H,10,13H2,1-2H3. The molecule has 1 amide bonds. The van der Waals surface area contributed by atoms with Crippen molar-refractivity contribution in [2.24, 2.45) is 0 Å². The van der Waals surface area contributed by atoms with E-state index in [-0.39, 0.29) is 17.6 Å². The van der Waals surface area contributed by atoms with Crippen LogP contribution < -0.4 is 9.47 Å². The fraction of sp³-hybridized carbons (Fsp3) is 0.192. The van der Waals surface area contributed by atoms with Crippen LogP contribution in [0.3, 0.4) is 0 Å². The summed E-state index contributed by atoms with van der Waals surface area (Å²) in [4.78, 5) is 19.5. The molecular weight excluding hydrogens is 418 g/mol. The van der Waals surface area contributed by atoms with E-state index >= 15 is 0 Å². The number of pyridine rings is 1. The number of hydrogen-bond acceptors (Lipinski definition) is 6. The van der Waals surface area contributed by atoms with Crippen LogP contribution in [0.4, 0.5) is 0 Å². The van der Waals surface area contributed by atoms with Crippen molar-refractivity contribution in [1.82, 2.24) is 15.0 Å². The molecule has 4 aromatic rings. The number of methoxy groups -OCH3 is 2. The molecule has 0 saturated heterocycles. The molecule has 1 unspecified atom stereocenters. The summed E-state index contributed by atoms with van der Waals surface area (Å²) >= 11 is 0. The van der Waals surface area contributed by atoms with Gasteiger partial charge in [-0.1, -0.05) is 35.5 Å². The van der Waals surface area contributed by atoms with Crippen LogP contribution >= 0.6 is 0 Å². The molecule has 33 heavy (non-hydrogen) atoms. The van der Waals surface area contributed by atoms with Gasteiger partial charge >= 0.3 is 0 Å². The fourth-order valence-corrected chi connectivity index (χ4v) is 4.33. The molecule has 3 heterocycles. The Bertz CT molecular complexity index is 1270. The number of carbonyl (C=O) groups is 1. The van der Waals surface area contributed by atoms with E-state index in [0.717, 1.165) is 22.3 Å². The Morgan fingerprint density at radius 2 is 1.73 bits per heavy atom. The monoisotopic (exact) mass is 441 g/mol. The van der Waals surface area contributed by atoms with Crippen LogP contribution in [-0.4, -0.2) is 41.7 Å². The summed E-state index contributed by atoms with van der Waals surface area (Å²) in [6, 6.07) is 19.0. The zero-order valence-electron chi connectivity index (χ0n) is 18.4. The third-order valence-electron chi connectivity index (χ3n) is 5.94. The molecule has 0 fully saturated rings. The van der Waals surface area contributed by atoms with Crippen LogP contribution in [-0.2, 0) is 6.42 Å². The Balaban J connectivity index is 1.56. The van der Waals surface area contributed by atoms with Crippen LogP contribution in [0.5, 0.6) is 11.5 Å². The molecule has 0 N–H and O–H groups in total. The summed E-state index contributed by atoms with van der Waals surface area (Å²) in [5.74, 6) is 1.66. The molecule has 2 aromatic heterocycles. The van der Waals surface area contributed by atoms with Crippen molar-refractivity contribution >= 4 is 5.91 Å². The van der Waals surface area contributed by atoms with E-state index in [2.05, 4.69) is 10.1 Å². The first kappa shape index (κ1) is 20.8. The number of amides is 1. The van der Waals surface area contributed by atoms with Gasteiger partial charge in [0, 0.05) is 30.6 Å². The van der Waals surface area contributed by atoms with Gasteiger partial charge in [-0.2, -0.15) is 0 Å². The number of rotatable bonds is 5. The summed E-state index contributed by atoms with van der Waals surface area (Å²) in [6.07, 6.45) is 4.04. The van der Waals surface area contributed by atoms with E-state index in [9.17, 15) is 4.79 Å². The summed E-state index contributed by atoms with van der Waals surface area (Å²) in [5.41, 5.74) is 4.24. The van der Waals surface area contributed by atoms with E-state index in [0.29, 0.717) is 30.2 Å². The molecular formula is C26H23N3O4. The van der Waals surface area contributed by atoms with Crippen molar-refractivity contribution in [2.45, 2.75) is 12.5 Å². The normalized spacial score (nSPS) is 15.1. The minimum atomic E-state index is -0.289. The van der Waals surface area contributed by atoms with Crippen molar-refractivity contribution in [3.8, 4) is 22.8 Å². The molecule has 0 aliphatic carbocycles. The lowest BCUT2D eigenvalue weighted by Gasteiger charge is -2.37. The summed E-state index contributed by atoms with van der Waals surface area (Å²) in [7, 11) is 3.24. The maximum Gasteiger partial charge on any atom is 0.276 e. The van der Waals surface area contributed by atoms with Gasteiger partial charge in [0.15, 0.2) is 23.0 Å². The average Bonchev–Trinajstić information content (AvgIpc) is 3.38. The second-order valence-electron chi connectivity index (χ2n) is 7.78. The molecule has 0 radical (unpaired) electrons. The van der Waals surface area contributed by atoms with Crippen LogP contribution in [0, 0.1) is 0 Å². The number of carbonyl (C=O) groups excluding carboxylic acids is 1. The van der Waals surface area contributed by atoms with Gasteiger partial charge in [0.05, 0.1) is 20.3 Å². The largest absolute Gasteiger partial charge is 0.493 e. The first-order valence-electron chi connectivity index (χ1n) is 10.7. The van der Waals surface area contributed by atoms with Crippen molar-refractivity contribution in [3.05, 3.63) is 95.4 Å². The van der Waals surface area contributed by atoms with Gasteiger partial charge in [-0.25, -0.2) is 0 Å². The smallest absolute Gasteiger partial charge is 0.276 e. The highest BCUT2D eigenvalue weighted by atomic mass is 16.5. The van der Waals surface area contributed by atoms with Crippen molar-refractivity contribution < 1.29 is 18.8 Å². The number of benzene rings is 2. The number of ether oxygens (including phenoxy) is 2. The summed E-state index contributed by atoms with van der Waals surface area (Å²) < 4.78 is 16.5. The zero-order valence-corrected chi connectivity index (χ0v) is 18.4. The van der Waals surface area contributed by atoms with E-state index in [1.165, 1.54) is 0 Å². The molecule has 0 bridgehead atoms. The lowest BCUT2D eigenvalue weighted by molar-refractivity contribution is 0.0683. The molecule has 2 aromatic carbocycles. The highest BCUT2D eigenvalue weighted by Gasteiger charge is 2.35. The van der Waals surface area contributed by atoms with Crippen LogP contribution in [0.15, 0.2) is 77.6 Å². The van der Waals surface area contributed by atoms with E-state index in [1.54, 1.807) is 32.7 Å². The Morgan fingerprint density at radius 1 is 1.00 bits per heavy atom. The SMILES string of the molecule is COc1cc2c(cc1OC)C(c1ccccc1)N(C(=O)c1cc(-c3ccncc3)on1)CC2. The molecule has 0 spiro atoms. The predicted molar refractivity (Wildman–Crippen MR) is 122 cm³/mol. The molecule has 1 atom stereocenters. The Morgan fingerprint density at radius 3 is 2.45 bits per heavy atom. The van der Waals surface area contributed by atoms with Gasteiger partial charge < -0.3 is 18.9 Å². The minimum Gasteiger partial charge on any atom is -0.493 e. The lowest BCUT2D eigenvalue weighted by Crippen LogP contribution is -2.40. The van der Waals surface area contributed by atoms with E-state index in [1.807, 2.05) is 59.5 Å². The maximum absolute atomic E-state index is 13.7. The molecule has 0 saturated carbocycles. The highest BCUT2D eigenvalue weighted by molar-refractivity contribution is 5.94. The van der Waals surface area contributed by atoms with E-state index < -0.39 is 0 Å². The number of aromatic nitrogens is 2. The molecule has 7 heteroatoms. The Kier molecular flexibility index (Phi) is 5.52. The van der Waals surface area contributed by atoms with Crippen LogP contribution in [0.1, 0.15) is 33.2 Å². The van der Waals surface area contributed by atoms with Gasteiger partial charge in [0.2, 0.25) is 0 Å². The topological polar surface area (TPSA) is 77.7 Å². The summed E-state index contributed by atoms with van der Waals surface area (Å²) in [5, 5.41) is 4.08. The van der Waals surface area contributed by atoms with Crippen molar-refractivity contribution in [1.29, 1.82) is 0 Å². The van der Waals surface area contributed by atoms with Gasteiger partial charge in [0.1, 0.15) is 0 Å². The van der Waals surface area contributed by atoms with Gasteiger partial charge in [-0.05, 0) is 47.4 Å². The van der Waals surface area contributed by atoms with Gasteiger partial charge in [-0.3, -0.25) is 9.78 Å². The van der Waals surface area contributed by atoms with Crippen molar-refractivity contribution in [3.63, 3.8) is 0 Å². The van der Waals surface area contributed by atoms with Crippen LogP contribution in [0.2, 0.25) is 0 Å². The lowest BCUT2D eigenvalue weighted by atomic mass is 9.87. The third-order valence-corrected chi connectivity index (χ3v) is 5.94. The number of nitrogens with zero attached hydrogens (tertiary/aromatic N) is 3. The molecule has 7 nitrogen and oxygen atoms in total. The Hall–Kier alpha value is -4.13. The molecule has 5 rings (SSSR count). The second-order valence-corrected chi connectivity index (χ2v) is 7.78. The average molecular weight is 441 g/mol. The van der Waals surface area contributed by atoms with E-state index in [4.69, 9.17) is 14.0 Å². The first-order chi connectivity index (χ1) is 16.2. The predicted octanol–water partition coefficient (Wildman–Crippen LogP) is 4.54. The fourth-order valence-electron chi connectivity index (χ4n) is 4.33. The molecule has 1 aliphatic heterocycles. The second kappa shape index (κ2) is 8.78. The third kappa shape index (κ3) is 3.82. The Labute approximate surface area is 191 Å². The quantitative estimate of drug-likeness (QED) is 0.452. The highest BCUT2D eigenvalue weighted by Crippen LogP contribution is 2.41. The number of hydrogen-bond donors (Lipinski definition) is 0. The van der Waals surface area contributed by atoms with Crippen LogP contribution in [0.25, 0.3) is 11.3 Å². The zero-order chi connectivity index (χ0) is 22.8.